The second kappa shape index (κ2) is 10.5. The van der Waals surface area contributed by atoms with Crippen molar-refractivity contribution in [3.8, 4) is 5.75 Å². The predicted molar refractivity (Wildman–Crippen MR) is 103 cm³/mol. The molecule has 0 aliphatic heterocycles. The molecule has 0 fully saturated rings. The van der Waals surface area contributed by atoms with Gasteiger partial charge in [0.25, 0.3) is 5.91 Å². The summed E-state index contributed by atoms with van der Waals surface area (Å²) in [5.41, 5.74) is -0.0352. The molecule has 0 aliphatic carbocycles. The quantitative estimate of drug-likeness (QED) is 0.425. The summed E-state index contributed by atoms with van der Waals surface area (Å²) in [5, 5.41) is 6.97. The summed E-state index contributed by atoms with van der Waals surface area (Å²) in [6.45, 7) is 0.151. The molecule has 0 saturated carbocycles. The molecule has 2 aromatic carbocycles. The second-order valence-corrected chi connectivity index (χ2v) is 6.29. The van der Waals surface area contributed by atoms with Crippen molar-refractivity contribution in [1.82, 2.24) is 10.6 Å². The van der Waals surface area contributed by atoms with Gasteiger partial charge in [-0.3, -0.25) is 9.59 Å². The fourth-order valence-electron chi connectivity index (χ4n) is 2.39. The van der Waals surface area contributed by atoms with Crippen LogP contribution < -0.4 is 20.7 Å². The zero-order valence-electron chi connectivity index (χ0n) is 16.1. The van der Waals surface area contributed by atoms with Crippen molar-refractivity contribution in [1.29, 1.82) is 0 Å². The van der Waals surface area contributed by atoms with E-state index in [1.54, 1.807) is 17.4 Å². The minimum atomic E-state index is -4.58. The van der Waals surface area contributed by atoms with Crippen LogP contribution in [0.3, 0.4) is 0 Å². The zero-order valence-corrected chi connectivity index (χ0v) is 16.1. The highest BCUT2D eigenvalue weighted by Gasteiger charge is 2.28. The minimum Gasteiger partial charge on any atom is -0.492 e. The number of carbonyl (C=O) groups excluding carboxylic acids is 2. The van der Waals surface area contributed by atoms with Crippen LogP contribution in [-0.2, 0) is 4.79 Å². The summed E-state index contributed by atoms with van der Waals surface area (Å²) >= 11 is 0. The van der Waals surface area contributed by atoms with Gasteiger partial charge in [-0.05, 0) is 31.2 Å². The predicted octanol–water partition coefficient (Wildman–Crippen LogP) is 3.03. The molecule has 2 rings (SSSR count). The molecule has 10 heteroatoms. The van der Waals surface area contributed by atoms with Gasteiger partial charge < -0.3 is 20.7 Å². The number of nitrogens with one attached hydrogen (secondary N) is 3. The topological polar surface area (TPSA) is 79.5 Å². The average Bonchev–Trinajstić information content (AvgIpc) is 2.70. The molecule has 0 aliphatic rings. The maximum absolute atomic E-state index is 14.0. The highest BCUT2D eigenvalue weighted by molar-refractivity contribution is 5.95. The van der Waals surface area contributed by atoms with Crippen molar-refractivity contribution in [2.24, 2.45) is 0 Å². The number of hydrogen-bond acceptors (Lipinski definition) is 4. The van der Waals surface area contributed by atoms with Crippen molar-refractivity contribution in [3.05, 3.63) is 59.4 Å². The van der Waals surface area contributed by atoms with Crippen LogP contribution in [0.15, 0.2) is 42.5 Å². The van der Waals surface area contributed by atoms with E-state index in [4.69, 9.17) is 4.74 Å². The highest BCUT2D eigenvalue weighted by Crippen LogP contribution is 2.21. The third kappa shape index (κ3) is 7.61. The number of hydrogen-bond donors (Lipinski definition) is 3. The Bertz CT molecular complexity index is 874. The molecule has 0 unspecified atom stereocenters. The first kappa shape index (κ1) is 23.0. The Morgan fingerprint density at radius 2 is 1.77 bits per heavy atom. The Balaban J connectivity index is 1.85. The Kier molecular flexibility index (Phi) is 8.02. The van der Waals surface area contributed by atoms with Gasteiger partial charge in [-0.1, -0.05) is 18.2 Å². The number of anilines is 1. The molecule has 0 saturated heterocycles. The fourth-order valence-corrected chi connectivity index (χ4v) is 2.39. The standard InChI is InChI=1S/C20H21F4N3O3/c1-13-16(21)9-14(19(29)27-12-20(22,23)24)10-17(13)26-11-18(28)25-7-8-30-15-5-3-2-4-6-15/h2-6,9-10,26H,7-8,11-12H2,1H3,(H,25,28)(H,27,29). The first-order chi connectivity index (χ1) is 14.2. The molecule has 162 valence electrons. The zero-order chi connectivity index (χ0) is 22.1. The summed E-state index contributed by atoms with van der Waals surface area (Å²) in [6.07, 6.45) is -4.58. The molecule has 0 spiro atoms. The van der Waals surface area contributed by atoms with Gasteiger partial charge in [0.15, 0.2) is 0 Å². The molecule has 0 bridgehead atoms. The van der Waals surface area contributed by atoms with Gasteiger partial charge in [-0.15, -0.1) is 0 Å². The van der Waals surface area contributed by atoms with E-state index in [0.29, 0.717) is 5.75 Å². The van der Waals surface area contributed by atoms with Gasteiger partial charge in [0.1, 0.15) is 24.7 Å². The number of para-hydroxylation sites is 1. The van der Waals surface area contributed by atoms with Crippen molar-refractivity contribution in [2.45, 2.75) is 13.1 Å². The molecule has 6 nitrogen and oxygen atoms in total. The van der Waals surface area contributed by atoms with Gasteiger partial charge in [0.05, 0.1) is 13.1 Å². The maximum atomic E-state index is 14.0. The molecule has 3 N–H and O–H groups in total. The number of benzene rings is 2. The second-order valence-electron chi connectivity index (χ2n) is 6.29. The van der Waals surface area contributed by atoms with Crippen LogP contribution >= 0.6 is 0 Å². The largest absolute Gasteiger partial charge is 0.492 e. The Morgan fingerprint density at radius 1 is 1.07 bits per heavy atom. The van der Waals surface area contributed by atoms with Crippen molar-refractivity contribution >= 4 is 17.5 Å². The van der Waals surface area contributed by atoms with E-state index in [9.17, 15) is 27.2 Å². The Morgan fingerprint density at radius 3 is 2.43 bits per heavy atom. The van der Waals surface area contributed by atoms with E-state index < -0.39 is 30.4 Å². The van der Waals surface area contributed by atoms with Crippen LogP contribution in [0.4, 0.5) is 23.2 Å². The van der Waals surface area contributed by atoms with E-state index in [1.165, 1.54) is 13.0 Å². The normalized spacial score (nSPS) is 11.0. The molecule has 30 heavy (non-hydrogen) atoms. The molecule has 0 heterocycles. The lowest BCUT2D eigenvalue weighted by atomic mass is 10.1. The molecule has 0 atom stereocenters. The van der Waals surface area contributed by atoms with Crippen molar-refractivity contribution < 1.29 is 31.9 Å². The molecule has 0 radical (unpaired) electrons. The van der Waals surface area contributed by atoms with Gasteiger partial charge in [-0.25, -0.2) is 4.39 Å². The van der Waals surface area contributed by atoms with Crippen LogP contribution in [-0.4, -0.2) is 44.2 Å². The van der Waals surface area contributed by atoms with Crippen LogP contribution in [0.1, 0.15) is 15.9 Å². The van der Waals surface area contributed by atoms with E-state index in [-0.39, 0.29) is 36.5 Å². The first-order valence-corrected chi connectivity index (χ1v) is 8.99. The van der Waals surface area contributed by atoms with Crippen LogP contribution in [0, 0.1) is 12.7 Å². The first-order valence-electron chi connectivity index (χ1n) is 8.99. The van der Waals surface area contributed by atoms with E-state index in [1.807, 2.05) is 18.2 Å². The van der Waals surface area contributed by atoms with Crippen molar-refractivity contribution in [2.75, 3.05) is 31.6 Å². The summed E-state index contributed by atoms with van der Waals surface area (Å²) in [7, 11) is 0. The maximum Gasteiger partial charge on any atom is 0.405 e. The van der Waals surface area contributed by atoms with Gasteiger partial charge >= 0.3 is 6.18 Å². The number of rotatable bonds is 9. The lowest BCUT2D eigenvalue weighted by Gasteiger charge is -2.14. The van der Waals surface area contributed by atoms with E-state index in [2.05, 4.69) is 10.6 Å². The molecular weight excluding hydrogens is 406 g/mol. The average molecular weight is 427 g/mol. The Labute approximate surface area is 170 Å². The Hall–Kier alpha value is -3.30. The number of alkyl halides is 3. The summed E-state index contributed by atoms with van der Waals surface area (Å²) < 4.78 is 56.2. The monoisotopic (exact) mass is 427 g/mol. The summed E-state index contributed by atoms with van der Waals surface area (Å²) in [6, 6.07) is 11.1. The number of amides is 2. The minimum absolute atomic E-state index is 0.127. The van der Waals surface area contributed by atoms with Gasteiger partial charge in [0.2, 0.25) is 5.91 Å². The lowest BCUT2D eigenvalue weighted by molar-refractivity contribution is -0.123. The SMILES string of the molecule is Cc1c(F)cc(C(=O)NCC(F)(F)F)cc1NCC(=O)NCCOc1ccccc1. The number of halogens is 4. The van der Waals surface area contributed by atoms with E-state index >= 15 is 0 Å². The number of ether oxygens (including phenoxy) is 1. The molecule has 2 aromatic rings. The third-order valence-electron chi connectivity index (χ3n) is 3.93. The fraction of sp³-hybridized carbons (Fsp3) is 0.300. The molecule has 2 amide bonds. The van der Waals surface area contributed by atoms with Crippen LogP contribution in [0.2, 0.25) is 0 Å². The molecule has 0 aromatic heterocycles. The van der Waals surface area contributed by atoms with E-state index in [0.717, 1.165) is 6.07 Å². The smallest absolute Gasteiger partial charge is 0.405 e. The lowest BCUT2D eigenvalue weighted by Crippen LogP contribution is -2.34. The third-order valence-corrected chi connectivity index (χ3v) is 3.93. The van der Waals surface area contributed by atoms with Gasteiger partial charge in [0, 0.05) is 16.8 Å². The van der Waals surface area contributed by atoms with Crippen LogP contribution in [0.25, 0.3) is 0 Å². The summed E-state index contributed by atoms with van der Waals surface area (Å²) in [5.74, 6) is -1.60. The van der Waals surface area contributed by atoms with Crippen molar-refractivity contribution in [3.63, 3.8) is 0 Å². The molecular formula is C20H21F4N3O3. The highest BCUT2D eigenvalue weighted by atomic mass is 19.4. The van der Waals surface area contributed by atoms with Crippen LogP contribution in [0.5, 0.6) is 5.75 Å². The summed E-state index contributed by atoms with van der Waals surface area (Å²) in [4.78, 5) is 23.8. The van der Waals surface area contributed by atoms with Gasteiger partial charge in [-0.2, -0.15) is 13.2 Å². The number of carbonyl (C=O) groups is 2.